The molecule has 2 aromatic carbocycles. The van der Waals surface area contributed by atoms with Gasteiger partial charge in [0.25, 0.3) is 0 Å². The Balaban J connectivity index is 1.30. The minimum Gasteiger partial charge on any atom is -0.507 e. The molecule has 0 bridgehead atoms. The fourth-order valence-corrected chi connectivity index (χ4v) is 4.83. The molecule has 0 saturated heterocycles. The molecule has 4 atom stereocenters. The van der Waals surface area contributed by atoms with Crippen molar-refractivity contribution < 1.29 is 19.4 Å². The van der Waals surface area contributed by atoms with E-state index in [9.17, 15) is 9.90 Å². The van der Waals surface area contributed by atoms with E-state index in [0.717, 1.165) is 77.3 Å². The van der Waals surface area contributed by atoms with Crippen LogP contribution in [0.2, 0.25) is 0 Å². The van der Waals surface area contributed by atoms with E-state index < -0.39 is 5.60 Å². The molecule has 8 heteroatoms. The Morgan fingerprint density at radius 3 is 2.74 bits per heavy atom. The van der Waals surface area contributed by atoms with Crippen LogP contribution >= 0.6 is 0 Å². The molecule has 190 valence electrons. The molecule has 4 rings (SSSR count). The van der Waals surface area contributed by atoms with Crippen LogP contribution in [0.15, 0.2) is 18.2 Å². The third-order valence-electron chi connectivity index (χ3n) is 7.43. The number of anilines is 1. The summed E-state index contributed by atoms with van der Waals surface area (Å²) >= 11 is 0. The van der Waals surface area contributed by atoms with Gasteiger partial charge < -0.3 is 36.3 Å². The van der Waals surface area contributed by atoms with Gasteiger partial charge in [0, 0.05) is 12.1 Å². The lowest BCUT2D eigenvalue weighted by Crippen LogP contribution is -2.57. The van der Waals surface area contributed by atoms with Crippen molar-refractivity contribution >= 4 is 12.0 Å². The van der Waals surface area contributed by atoms with Gasteiger partial charge >= 0.3 is 0 Å². The highest BCUT2D eigenvalue weighted by molar-refractivity contribution is 5.68. The van der Waals surface area contributed by atoms with E-state index in [0.29, 0.717) is 12.2 Å². The number of carbonyl (C=O) groups is 1. The molecule has 2 aliphatic heterocycles. The molecule has 0 aromatic heterocycles. The number of aldehydes is 1. The first-order valence-corrected chi connectivity index (χ1v) is 12.4. The molecule has 35 heavy (non-hydrogen) atoms. The number of carbonyl (C=O) groups excluding carboxylic acids is 1. The molecular weight excluding hydrogens is 444 g/mol. The normalized spacial score (nSPS) is 25.0. The maximum atomic E-state index is 12.0. The third-order valence-corrected chi connectivity index (χ3v) is 7.43. The number of hydrogen-bond acceptors (Lipinski definition) is 8. The molecule has 6 N–H and O–H groups in total. The summed E-state index contributed by atoms with van der Waals surface area (Å²) in [5, 5.41) is 20.8. The Hall–Kier alpha value is -2.81. The zero-order valence-corrected chi connectivity index (χ0v) is 21.3. The maximum Gasteiger partial charge on any atom is 0.176 e. The minimum absolute atomic E-state index is 0.0640. The summed E-state index contributed by atoms with van der Waals surface area (Å²) in [6, 6.07) is 5.93. The number of hydrogen-bond donors (Lipinski definition) is 5. The van der Waals surface area contributed by atoms with Gasteiger partial charge in [0.15, 0.2) is 11.9 Å². The maximum absolute atomic E-state index is 12.0. The van der Waals surface area contributed by atoms with Gasteiger partial charge in [-0.15, -0.1) is 0 Å². The first kappa shape index (κ1) is 25.3. The van der Waals surface area contributed by atoms with Gasteiger partial charge in [0.05, 0.1) is 11.7 Å². The van der Waals surface area contributed by atoms with Crippen LogP contribution in [-0.4, -0.2) is 48.4 Å². The zero-order chi connectivity index (χ0) is 25.3. The first-order chi connectivity index (χ1) is 16.6. The summed E-state index contributed by atoms with van der Waals surface area (Å²) in [6.45, 7) is 11.8. The number of aromatic hydroxyl groups is 1. The minimum atomic E-state index is -0.961. The molecule has 0 fully saturated rings. The fourth-order valence-electron chi connectivity index (χ4n) is 4.83. The van der Waals surface area contributed by atoms with E-state index in [-0.39, 0.29) is 18.3 Å². The van der Waals surface area contributed by atoms with Gasteiger partial charge in [-0.05, 0) is 94.9 Å². The summed E-state index contributed by atoms with van der Waals surface area (Å²) in [5.74, 6) is 1.87. The predicted molar refractivity (Wildman–Crippen MR) is 137 cm³/mol. The SMILES string of the molecule is Cc1c(C)c2c(c(C)c1O)CC(NCCCNCc1ccc3c(c1)NC(N)C(C)O3)C(C)(C=O)O2. The molecule has 8 nitrogen and oxygen atoms in total. The summed E-state index contributed by atoms with van der Waals surface area (Å²) in [5.41, 5.74) is 10.6. The van der Waals surface area contributed by atoms with Crippen molar-refractivity contribution in [3.8, 4) is 17.2 Å². The van der Waals surface area contributed by atoms with Crippen LogP contribution in [0.1, 0.15) is 48.1 Å². The van der Waals surface area contributed by atoms with E-state index in [1.54, 1.807) is 0 Å². The van der Waals surface area contributed by atoms with Crippen LogP contribution in [0.25, 0.3) is 0 Å². The second kappa shape index (κ2) is 10.0. The monoisotopic (exact) mass is 482 g/mol. The predicted octanol–water partition coefficient (Wildman–Crippen LogP) is 2.83. The second-order valence-corrected chi connectivity index (χ2v) is 10.00. The van der Waals surface area contributed by atoms with Gasteiger partial charge in [-0.1, -0.05) is 6.07 Å². The first-order valence-electron chi connectivity index (χ1n) is 12.4. The number of fused-ring (bicyclic) bond motifs is 2. The van der Waals surface area contributed by atoms with Crippen LogP contribution in [0, 0.1) is 20.8 Å². The van der Waals surface area contributed by atoms with Crippen molar-refractivity contribution in [2.75, 3.05) is 18.4 Å². The topological polar surface area (TPSA) is 118 Å². The average molecular weight is 483 g/mol. The lowest BCUT2D eigenvalue weighted by molar-refractivity contribution is -0.123. The second-order valence-electron chi connectivity index (χ2n) is 10.00. The van der Waals surface area contributed by atoms with Crippen molar-refractivity contribution in [2.45, 2.75) is 77.9 Å². The Morgan fingerprint density at radius 2 is 2.00 bits per heavy atom. The quantitative estimate of drug-likeness (QED) is 0.288. The van der Waals surface area contributed by atoms with Crippen molar-refractivity contribution in [3.05, 3.63) is 46.0 Å². The van der Waals surface area contributed by atoms with E-state index >= 15 is 0 Å². The lowest BCUT2D eigenvalue weighted by atomic mass is 9.84. The van der Waals surface area contributed by atoms with E-state index in [2.05, 4.69) is 28.1 Å². The molecule has 2 aromatic rings. The Labute approximate surface area is 207 Å². The van der Waals surface area contributed by atoms with Gasteiger partial charge in [-0.2, -0.15) is 0 Å². The molecule has 0 radical (unpaired) electrons. The van der Waals surface area contributed by atoms with Crippen LogP contribution < -0.4 is 31.2 Å². The van der Waals surface area contributed by atoms with Gasteiger partial charge in [-0.25, -0.2) is 0 Å². The fraction of sp³-hybridized carbons (Fsp3) is 0.519. The van der Waals surface area contributed by atoms with Crippen molar-refractivity contribution in [2.24, 2.45) is 5.73 Å². The number of nitrogens with two attached hydrogens (primary N) is 1. The van der Waals surface area contributed by atoms with Crippen LogP contribution in [0.4, 0.5) is 5.69 Å². The lowest BCUT2D eigenvalue weighted by Gasteiger charge is -2.41. The number of nitrogens with one attached hydrogen (secondary N) is 3. The highest BCUT2D eigenvalue weighted by Gasteiger charge is 2.42. The van der Waals surface area contributed by atoms with Crippen molar-refractivity contribution in [1.82, 2.24) is 10.6 Å². The Kier molecular flexibility index (Phi) is 7.26. The summed E-state index contributed by atoms with van der Waals surface area (Å²) in [7, 11) is 0. The molecule has 2 aliphatic rings. The summed E-state index contributed by atoms with van der Waals surface area (Å²) in [4.78, 5) is 12.0. The van der Waals surface area contributed by atoms with Crippen LogP contribution in [0.3, 0.4) is 0 Å². The standard InChI is InChI=1S/C27H38N4O4/c1-15-16(2)25-20(17(3)24(15)33)12-23(27(5,14-32)35-25)30-10-6-9-29-13-19-7-8-22-21(11-19)31-26(28)18(4)34-22/h7-8,11,14,18,23,26,29-31,33H,6,9-10,12-13,28H2,1-5H3. The zero-order valence-electron chi connectivity index (χ0n) is 21.3. The number of benzene rings is 2. The summed E-state index contributed by atoms with van der Waals surface area (Å²) in [6.07, 6.45) is 2.13. The molecule has 0 saturated carbocycles. The van der Waals surface area contributed by atoms with Gasteiger partial charge in [-0.3, -0.25) is 4.79 Å². The number of ether oxygens (including phenoxy) is 2. The molecule has 2 heterocycles. The average Bonchev–Trinajstić information content (AvgIpc) is 2.84. The molecular formula is C27H38N4O4. The smallest absolute Gasteiger partial charge is 0.176 e. The van der Waals surface area contributed by atoms with Crippen molar-refractivity contribution in [1.29, 1.82) is 0 Å². The van der Waals surface area contributed by atoms with Crippen LogP contribution in [0.5, 0.6) is 17.2 Å². The molecule has 0 spiro atoms. The van der Waals surface area contributed by atoms with Gasteiger partial charge in [0.1, 0.15) is 29.5 Å². The highest BCUT2D eigenvalue weighted by atomic mass is 16.5. The highest BCUT2D eigenvalue weighted by Crippen LogP contribution is 2.43. The van der Waals surface area contributed by atoms with E-state index in [4.69, 9.17) is 15.2 Å². The molecule has 0 amide bonds. The number of phenolic OH excluding ortho intramolecular Hbond substituents is 1. The number of rotatable bonds is 8. The summed E-state index contributed by atoms with van der Waals surface area (Å²) < 4.78 is 12.1. The molecule has 0 aliphatic carbocycles. The Morgan fingerprint density at radius 1 is 1.23 bits per heavy atom. The molecule has 4 unspecified atom stereocenters. The van der Waals surface area contributed by atoms with Crippen LogP contribution in [-0.2, 0) is 17.8 Å². The van der Waals surface area contributed by atoms with Gasteiger partial charge in [0.2, 0.25) is 0 Å². The third kappa shape index (κ3) is 4.96. The van der Waals surface area contributed by atoms with Crippen molar-refractivity contribution in [3.63, 3.8) is 0 Å². The van der Waals surface area contributed by atoms with E-state index in [1.165, 1.54) is 0 Å². The van der Waals surface area contributed by atoms with E-state index in [1.807, 2.05) is 40.7 Å². The largest absolute Gasteiger partial charge is 0.507 e. The Bertz CT molecular complexity index is 1110. The number of phenols is 1.